The van der Waals surface area contributed by atoms with E-state index in [0.717, 1.165) is 17.2 Å². The van der Waals surface area contributed by atoms with E-state index < -0.39 is 0 Å². The normalized spacial score (nSPS) is 23.4. The Labute approximate surface area is 96.7 Å². The van der Waals surface area contributed by atoms with Gasteiger partial charge in [-0.05, 0) is 35.9 Å². The van der Waals surface area contributed by atoms with Crippen LogP contribution >= 0.6 is 12.2 Å². The van der Waals surface area contributed by atoms with Crippen LogP contribution < -0.4 is 0 Å². The third kappa shape index (κ3) is 2.03. The summed E-state index contributed by atoms with van der Waals surface area (Å²) in [5.41, 5.74) is 1.86. The fraction of sp³-hybridized carbons (Fsp3) is 0.750. The van der Waals surface area contributed by atoms with Crippen LogP contribution in [0.25, 0.3) is 0 Å². The van der Waals surface area contributed by atoms with Crippen molar-refractivity contribution in [1.29, 1.82) is 0 Å². The van der Waals surface area contributed by atoms with Gasteiger partial charge in [0.2, 0.25) is 0 Å². The lowest BCUT2D eigenvalue weighted by Crippen LogP contribution is -2.08. The van der Waals surface area contributed by atoms with Gasteiger partial charge in [0, 0.05) is 18.4 Å². The molecule has 0 aromatic carbocycles. The van der Waals surface area contributed by atoms with E-state index in [0.29, 0.717) is 11.3 Å². The van der Waals surface area contributed by atoms with Gasteiger partial charge in [0.1, 0.15) is 0 Å². The molecule has 0 spiro atoms. The molecule has 1 aromatic rings. The van der Waals surface area contributed by atoms with Crippen LogP contribution in [0.5, 0.6) is 0 Å². The third-order valence-corrected chi connectivity index (χ3v) is 3.95. The van der Waals surface area contributed by atoms with Crippen molar-refractivity contribution in [1.82, 2.24) is 9.55 Å². The summed E-state index contributed by atoms with van der Waals surface area (Å²) in [5.74, 6) is 1.34. The maximum atomic E-state index is 5.32. The van der Waals surface area contributed by atoms with Gasteiger partial charge in [0.05, 0.1) is 0 Å². The highest BCUT2D eigenvalue weighted by Gasteiger charge is 2.45. The lowest BCUT2D eigenvalue weighted by Gasteiger charge is -2.11. The van der Waals surface area contributed by atoms with Crippen molar-refractivity contribution in [2.24, 2.45) is 11.3 Å². The molecule has 1 heterocycles. The average molecular weight is 224 g/mol. The minimum absolute atomic E-state index is 0.528. The van der Waals surface area contributed by atoms with Crippen LogP contribution in [0.2, 0.25) is 0 Å². The lowest BCUT2D eigenvalue weighted by molar-refractivity contribution is 0.483. The molecule has 2 nitrogen and oxygen atoms in total. The summed E-state index contributed by atoms with van der Waals surface area (Å²) in [6.07, 6.45) is 3.39. The maximum Gasteiger partial charge on any atom is 0.177 e. The van der Waals surface area contributed by atoms with Crippen molar-refractivity contribution >= 4 is 12.2 Å². The van der Waals surface area contributed by atoms with Gasteiger partial charge in [-0.25, -0.2) is 0 Å². The van der Waals surface area contributed by atoms with E-state index >= 15 is 0 Å². The molecular weight excluding hydrogens is 204 g/mol. The summed E-state index contributed by atoms with van der Waals surface area (Å²) in [7, 11) is 0. The number of aromatic amines is 1. The molecule has 1 aliphatic carbocycles. The van der Waals surface area contributed by atoms with Gasteiger partial charge in [-0.2, -0.15) is 0 Å². The molecule has 1 N–H and O–H groups in total. The van der Waals surface area contributed by atoms with Gasteiger partial charge in [0.15, 0.2) is 4.77 Å². The van der Waals surface area contributed by atoms with Crippen molar-refractivity contribution in [2.75, 3.05) is 0 Å². The molecule has 0 bridgehead atoms. The first kappa shape index (κ1) is 10.9. The lowest BCUT2D eigenvalue weighted by atomic mass is 10.1. The summed E-state index contributed by atoms with van der Waals surface area (Å²) < 4.78 is 3.15. The molecule has 0 amide bonds. The zero-order valence-electron chi connectivity index (χ0n) is 10.0. The third-order valence-electron chi connectivity index (χ3n) is 3.61. The summed E-state index contributed by atoms with van der Waals surface area (Å²) >= 11 is 5.32. The molecule has 1 fully saturated rings. The van der Waals surface area contributed by atoms with Crippen LogP contribution in [-0.2, 0) is 6.54 Å². The molecule has 1 saturated carbocycles. The summed E-state index contributed by atoms with van der Waals surface area (Å²) in [5, 5.41) is 0. The molecule has 1 unspecified atom stereocenters. The Morgan fingerprint density at radius 2 is 2.20 bits per heavy atom. The molecule has 1 aromatic heterocycles. The Balaban J connectivity index is 2.21. The van der Waals surface area contributed by atoms with Crippen LogP contribution in [0.1, 0.15) is 45.7 Å². The number of H-pyrrole nitrogens is 1. The van der Waals surface area contributed by atoms with E-state index in [4.69, 9.17) is 12.2 Å². The minimum atomic E-state index is 0.528. The van der Waals surface area contributed by atoms with Crippen LogP contribution in [0, 0.1) is 16.1 Å². The van der Waals surface area contributed by atoms with Crippen molar-refractivity contribution in [2.45, 2.75) is 46.6 Å². The number of nitrogens with one attached hydrogen (secondary N) is 1. The van der Waals surface area contributed by atoms with Crippen molar-refractivity contribution < 1.29 is 0 Å². The maximum absolute atomic E-state index is 5.32. The Bertz CT molecular complexity index is 412. The summed E-state index contributed by atoms with van der Waals surface area (Å²) in [6, 6.07) is 0. The van der Waals surface area contributed by atoms with E-state index in [1.165, 1.54) is 12.1 Å². The topological polar surface area (TPSA) is 20.7 Å². The van der Waals surface area contributed by atoms with Gasteiger partial charge in [0.25, 0.3) is 0 Å². The second-order valence-corrected chi connectivity index (χ2v) is 6.06. The number of nitrogens with zero attached hydrogens (tertiary/aromatic N) is 1. The monoisotopic (exact) mass is 224 g/mol. The van der Waals surface area contributed by atoms with Gasteiger partial charge in [-0.1, -0.05) is 27.7 Å². The molecule has 0 aliphatic heterocycles. The quantitative estimate of drug-likeness (QED) is 0.776. The predicted octanol–water partition coefficient (Wildman–Crippen LogP) is 3.72. The van der Waals surface area contributed by atoms with Gasteiger partial charge >= 0.3 is 0 Å². The van der Waals surface area contributed by atoms with Gasteiger partial charge in [-0.15, -0.1) is 0 Å². The number of hydrogen-bond donors (Lipinski definition) is 1. The second kappa shape index (κ2) is 3.48. The Kier molecular flexibility index (Phi) is 2.53. The Morgan fingerprint density at radius 3 is 2.67 bits per heavy atom. The van der Waals surface area contributed by atoms with Crippen LogP contribution in [0.3, 0.4) is 0 Å². The highest BCUT2D eigenvalue weighted by Crippen LogP contribution is 2.52. The van der Waals surface area contributed by atoms with E-state index in [9.17, 15) is 0 Å². The Hall–Kier alpha value is -0.570. The summed E-state index contributed by atoms with van der Waals surface area (Å²) in [4.78, 5) is 3.16. The summed E-state index contributed by atoms with van der Waals surface area (Å²) in [6.45, 7) is 10.2. The molecular formula is C12H20N2S. The van der Waals surface area contributed by atoms with E-state index in [-0.39, 0.29) is 0 Å². The van der Waals surface area contributed by atoms with E-state index in [2.05, 4.69) is 43.4 Å². The largest absolute Gasteiger partial charge is 0.337 e. The molecule has 0 saturated heterocycles. The first-order valence-electron chi connectivity index (χ1n) is 5.70. The number of hydrogen-bond acceptors (Lipinski definition) is 1. The zero-order valence-corrected chi connectivity index (χ0v) is 10.8. The van der Waals surface area contributed by atoms with Crippen LogP contribution in [0.15, 0.2) is 6.20 Å². The SMILES string of the molecule is CC(C)c1c[nH]c(=S)n1CC1CC1(C)C. The fourth-order valence-electron chi connectivity index (χ4n) is 2.18. The van der Waals surface area contributed by atoms with Crippen molar-refractivity contribution in [3.63, 3.8) is 0 Å². The minimum Gasteiger partial charge on any atom is -0.337 e. The standard InChI is InChI=1S/C12H20N2S/c1-8(2)10-6-13-11(15)14(10)7-9-5-12(9,3)4/h6,8-9H,5,7H2,1-4H3,(H,13,15). The smallest absolute Gasteiger partial charge is 0.177 e. The Morgan fingerprint density at radius 1 is 1.60 bits per heavy atom. The highest BCUT2D eigenvalue weighted by molar-refractivity contribution is 7.71. The first-order chi connectivity index (χ1) is 6.92. The molecule has 15 heavy (non-hydrogen) atoms. The van der Waals surface area contributed by atoms with E-state index in [1.807, 2.05) is 0 Å². The van der Waals surface area contributed by atoms with Crippen molar-refractivity contribution in [3.05, 3.63) is 16.7 Å². The molecule has 1 atom stereocenters. The first-order valence-corrected chi connectivity index (χ1v) is 6.11. The molecule has 0 radical (unpaired) electrons. The van der Waals surface area contributed by atoms with Crippen molar-refractivity contribution in [3.8, 4) is 0 Å². The van der Waals surface area contributed by atoms with E-state index in [1.54, 1.807) is 0 Å². The molecule has 1 aliphatic rings. The average Bonchev–Trinajstić information content (AvgIpc) is 2.53. The predicted molar refractivity (Wildman–Crippen MR) is 65.6 cm³/mol. The fourth-order valence-corrected chi connectivity index (χ4v) is 2.42. The van der Waals surface area contributed by atoms with Crippen LogP contribution in [0.4, 0.5) is 0 Å². The number of imidazole rings is 1. The van der Waals surface area contributed by atoms with Gasteiger partial charge in [-0.3, -0.25) is 0 Å². The van der Waals surface area contributed by atoms with Gasteiger partial charge < -0.3 is 9.55 Å². The molecule has 2 rings (SSSR count). The number of rotatable bonds is 3. The molecule has 3 heteroatoms. The molecule has 84 valence electrons. The second-order valence-electron chi connectivity index (χ2n) is 5.67. The highest BCUT2D eigenvalue weighted by atomic mass is 32.1. The number of aromatic nitrogens is 2. The van der Waals surface area contributed by atoms with Crippen LogP contribution in [-0.4, -0.2) is 9.55 Å². The zero-order chi connectivity index (χ0) is 11.2.